The largest absolute Gasteiger partial charge is 0.399 e. The molecule has 0 saturated carbocycles. The van der Waals surface area contributed by atoms with Crippen LogP contribution in [0.2, 0.25) is 5.02 Å². The van der Waals surface area contributed by atoms with Gasteiger partial charge in [0.15, 0.2) is 0 Å². The second-order valence-corrected chi connectivity index (χ2v) is 6.30. The molecule has 0 bridgehead atoms. The van der Waals surface area contributed by atoms with Gasteiger partial charge in [-0.05, 0) is 42.5 Å². The molecule has 1 aliphatic heterocycles. The predicted molar refractivity (Wildman–Crippen MR) is 83.2 cm³/mol. The minimum Gasteiger partial charge on any atom is -0.399 e. The maximum Gasteiger partial charge on any atom is 0.255 e. The Kier molecular flexibility index (Phi) is 3.68. The first kappa shape index (κ1) is 13.5. The van der Waals surface area contributed by atoms with E-state index in [4.69, 9.17) is 17.3 Å². The first-order valence-electron chi connectivity index (χ1n) is 6.56. The van der Waals surface area contributed by atoms with Gasteiger partial charge >= 0.3 is 0 Å². The van der Waals surface area contributed by atoms with Gasteiger partial charge in [-0.2, -0.15) is 0 Å². The number of carbonyl (C=O) groups excluding carboxylic acids is 1. The minimum absolute atomic E-state index is 0.0294. The summed E-state index contributed by atoms with van der Waals surface area (Å²) in [6.07, 6.45) is 2.03. The Balaban J connectivity index is 1.91. The fourth-order valence-corrected chi connectivity index (χ4v) is 3.72. The third-order valence-electron chi connectivity index (χ3n) is 3.61. The number of rotatable bonds is 2. The lowest BCUT2D eigenvalue weighted by Crippen LogP contribution is -2.30. The highest BCUT2D eigenvalue weighted by molar-refractivity contribution is 7.10. The molecule has 2 aromatic rings. The Morgan fingerprint density at radius 2 is 2.25 bits per heavy atom. The molecule has 1 aromatic carbocycles. The van der Waals surface area contributed by atoms with Crippen molar-refractivity contribution in [2.24, 2.45) is 0 Å². The maximum atomic E-state index is 12.7. The minimum atomic E-state index is -0.0294. The van der Waals surface area contributed by atoms with Gasteiger partial charge in [-0.15, -0.1) is 11.3 Å². The highest BCUT2D eigenvalue weighted by atomic mass is 35.5. The van der Waals surface area contributed by atoms with Gasteiger partial charge in [0.1, 0.15) is 0 Å². The molecule has 0 aliphatic carbocycles. The summed E-state index contributed by atoms with van der Waals surface area (Å²) >= 11 is 7.83. The van der Waals surface area contributed by atoms with Crippen LogP contribution in [0.4, 0.5) is 5.69 Å². The maximum absolute atomic E-state index is 12.7. The fraction of sp³-hybridized carbons (Fsp3) is 0.267. The molecule has 2 heterocycles. The zero-order chi connectivity index (χ0) is 14.1. The van der Waals surface area contributed by atoms with Crippen LogP contribution >= 0.6 is 22.9 Å². The van der Waals surface area contributed by atoms with Gasteiger partial charge in [0.2, 0.25) is 0 Å². The van der Waals surface area contributed by atoms with E-state index < -0.39 is 0 Å². The van der Waals surface area contributed by atoms with Crippen molar-refractivity contribution in [3.63, 3.8) is 0 Å². The van der Waals surface area contributed by atoms with Crippen LogP contribution in [0.25, 0.3) is 0 Å². The smallest absolute Gasteiger partial charge is 0.255 e. The van der Waals surface area contributed by atoms with E-state index in [0.29, 0.717) is 16.3 Å². The summed E-state index contributed by atoms with van der Waals surface area (Å²) in [5.74, 6) is -0.0294. The molecule has 3 nitrogen and oxygen atoms in total. The van der Waals surface area contributed by atoms with Crippen LogP contribution in [0.5, 0.6) is 0 Å². The predicted octanol–water partition coefficient (Wildman–Crippen LogP) is 3.96. The molecular weight excluding hydrogens is 292 g/mol. The Bertz CT molecular complexity index is 627. The lowest BCUT2D eigenvalue weighted by molar-refractivity contribution is 0.0738. The highest BCUT2D eigenvalue weighted by Gasteiger charge is 2.32. The molecular formula is C15H15ClN2OS. The van der Waals surface area contributed by atoms with Crippen LogP contribution in [0.15, 0.2) is 35.7 Å². The van der Waals surface area contributed by atoms with Crippen LogP contribution < -0.4 is 5.73 Å². The number of benzene rings is 1. The zero-order valence-corrected chi connectivity index (χ0v) is 12.5. The molecule has 1 fully saturated rings. The van der Waals surface area contributed by atoms with E-state index in [2.05, 4.69) is 6.07 Å². The monoisotopic (exact) mass is 306 g/mol. The van der Waals surface area contributed by atoms with Crippen LogP contribution in [0.3, 0.4) is 0 Å². The number of hydrogen-bond donors (Lipinski definition) is 1. The topological polar surface area (TPSA) is 46.3 Å². The van der Waals surface area contributed by atoms with Gasteiger partial charge in [0.05, 0.1) is 16.6 Å². The zero-order valence-electron chi connectivity index (χ0n) is 10.9. The lowest BCUT2D eigenvalue weighted by Gasteiger charge is -2.24. The average Bonchev–Trinajstić information content (AvgIpc) is 3.10. The molecule has 0 spiro atoms. The van der Waals surface area contributed by atoms with Crippen molar-refractivity contribution in [2.45, 2.75) is 18.9 Å². The number of nitrogens with two attached hydrogens (primary N) is 1. The van der Waals surface area contributed by atoms with E-state index in [0.717, 1.165) is 19.4 Å². The quantitative estimate of drug-likeness (QED) is 0.854. The van der Waals surface area contributed by atoms with E-state index in [-0.39, 0.29) is 11.9 Å². The van der Waals surface area contributed by atoms with Crippen molar-refractivity contribution in [2.75, 3.05) is 12.3 Å². The lowest BCUT2D eigenvalue weighted by atomic mass is 10.1. The Morgan fingerprint density at radius 3 is 3.00 bits per heavy atom. The first-order chi connectivity index (χ1) is 9.66. The Morgan fingerprint density at radius 1 is 1.40 bits per heavy atom. The summed E-state index contributed by atoms with van der Waals surface area (Å²) < 4.78 is 0. The van der Waals surface area contributed by atoms with E-state index in [1.165, 1.54) is 4.88 Å². The van der Waals surface area contributed by atoms with Crippen molar-refractivity contribution in [1.82, 2.24) is 4.90 Å². The molecule has 104 valence electrons. The van der Waals surface area contributed by atoms with E-state index in [1.54, 1.807) is 29.5 Å². The summed E-state index contributed by atoms with van der Waals surface area (Å²) in [6, 6.07) is 9.32. The standard InChI is InChI=1S/C15H15ClN2OS/c16-12-6-5-10(17)9-11(12)15(19)18-7-1-3-13(18)14-4-2-8-20-14/h2,4-6,8-9,13H,1,3,7,17H2. The van der Waals surface area contributed by atoms with Gasteiger partial charge in [-0.25, -0.2) is 0 Å². The molecule has 1 amide bonds. The van der Waals surface area contributed by atoms with Gasteiger partial charge in [-0.3, -0.25) is 4.79 Å². The number of nitrogens with zero attached hydrogens (tertiary/aromatic N) is 1. The van der Waals surface area contributed by atoms with Crippen molar-refractivity contribution in [3.8, 4) is 0 Å². The summed E-state index contributed by atoms with van der Waals surface area (Å²) in [5, 5.41) is 2.50. The van der Waals surface area contributed by atoms with Gasteiger partial charge in [0.25, 0.3) is 5.91 Å². The number of nitrogen functional groups attached to an aromatic ring is 1. The molecule has 0 radical (unpaired) electrons. The summed E-state index contributed by atoms with van der Waals surface area (Å²) in [7, 11) is 0. The second kappa shape index (κ2) is 5.46. The van der Waals surface area contributed by atoms with Crippen LogP contribution in [0, 0.1) is 0 Å². The molecule has 20 heavy (non-hydrogen) atoms. The van der Waals surface area contributed by atoms with E-state index in [9.17, 15) is 4.79 Å². The second-order valence-electron chi connectivity index (χ2n) is 4.91. The Hall–Kier alpha value is -1.52. The summed E-state index contributed by atoms with van der Waals surface area (Å²) in [5.41, 5.74) is 6.82. The molecule has 1 saturated heterocycles. The van der Waals surface area contributed by atoms with E-state index in [1.807, 2.05) is 16.3 Å². The normalized spacial score (nSPS) is 18.4. The third kappa shape index (κ3) is 2.41. The average molecular weight is 307 g/mol. The van der Waals surface area contributed by atoms with Crippen molar-refractivity contribution < 1.29 is 4.79 Å². The SMILES string of the molecule is Nc1ccc(Cl)c(C(=O)N2CCCC2c2cccs2)c1. The Labute approximate surface area is 127 Å². The molecule has 5 heteroatoms. The number of amides is 1. The van der Waals surface area contributed by atoms with Crippen molar-refractivity contribution >= 4 is 34.5 Å². The molecule has 3 rings (SSSR count). The number of carbonyl (C=O) groups is 1. The van der Waals surface area contributed by atoms with Gasteiger partial charge in [-0.1, -0.05) is 17.7 Å². The fourth-order valence-electron chi connectivity index (χ4n) is 2.65. The van der Waals surface area contributed by atoms with E-state index >= 15 is 0 Å². The molecule has 1 unspecified atom stereocenters. The van der Waals surface area contributed by atoms with Gasteiger partial charge in [0, 0.05) is 17.1 Å². The number of likely N-dealkylation sites (tertiary alicyclic amines) is 1. The van der Waals surface area contributed by atoms with Crippen LogP contribution in [-0.2, 0) is 0 Å². The molecule has 1 atom stereocenters. The number of anilines is 1. The summed E-state index contributed by atoms with van der Waals surface area (Å²) in [4.78, 5) is 15.9. The van der Waals surface area contributed by atoms with Crippen LogP contribution in [-0.4, -0.2) is 17.4 Å². The van der Waals surface area contributed by atoms with Crippen LogP contribution in [0.1, 0.15) is 34.1 Å². The molecule has 2 N–H and O–H groups in total. The highest BCUT2D eigenvalue weighted by Crippen LogP contribution is 2.36. The van der Waals surface area contributed by atoms with Crippen molar-refractivity contribution in [3.05, 3.63) is 51.2 Å². The summed E-state index contributed by atoms with van der Waals surface area (Å²) in [6.45, 7) is 0.770. The van der Waals surface area contributed by atoms with Crippen molar-refractivity contribution in [1.29, 1.82) is 0 Å². The number of halogens is 1. The first-order valence-corrected chi connectivity index (χ1v) is 7.82. The number of hydrogen-bond acceptors (Lipinski definition) is 3. The molecule has 1 aromatic heterocycles. The van der Waals surface area contributed by atoms with Gasteiger partial charge < -0.3 is 10.6 Å². The molecule has 1 aliphatic rings. The number of thiophene rings is 1. The third-order valence-corrected chi connectivity index (χ3v) is 4.91.